The third-order valence-corrected chi connectivity index (χ3v) is 7.53. The molecule has 39 heavy (non-hydrogen) atoms. The molecule has 0 saturated carbocycles. The Morgan fingerprint density at radius 1 is 0.667 bits per heavy atom. The first-order valence-corrected chi connectivity index (χ1v) is 13.4. The van der Waals surface area contributed by atoms with Gasteiger partial charge in [0.25, 0.3) is 0 Å². The zero-order valence-electron chi connectivity index (χ0n) is 22.5. The quantitative estimate of drug-likeness (QED) is 0.570. The summed E-state index contributed by atoms with van der Waals surface area (Å²) in [6, 6.07) is 16.9. The van der Waals surface area contributed by atoms with Gasteiger partial charge >= 0.3 is 11.9 Å². The molecule has 10 heteroatoms. The van der Waals surface area contributed by atoms with Crippen LogP contribution in [0.4, 0.5) is 11.4 Å². The highest BCUT2D eigenvalue weighted by atomic mass is 16.4. The second-order valence-electron chi connectivity index (χ2n) is 10.4. The molecule has 2 unspecified atom stereocenters. The lowest BCUT2D eigenvalue weighted by Gasteiger charge is -2.28. The fourth-order valence-corrected chi connectivity index (χ4v) is 5.77. The summed E-state index contributed by atoms with van der Waals surface area (Å²) in [5, 5.41) is 14.8. The average molecular weight is 537 g/mol. The molecule has 2 N–H and O–H groups in total. The van der Waals surface area contributed by atoms with Crippen molar-refractivity contribution in [3.63, 3.8) is 0 Å². The molecule has 2 aromatic carbocycles. The second-order valence-corrected chi connectivity index (χ2v) is 10.4. The smallest absolute Gasteiger partial charge is 0.414 e. The number of fused-ring (bicyclic) bond motifs is 2. The first-order chi connectivity index (χ1) is 18.7. The molecule has 0 aliphatic carbocycles. The van der Waals surface area contributed by atoms with Crippen LogP contribution in [-0.2, 0) is 32.0 Å². The minimum atomic E-state index is -1.82. The van der Waals surface area contributed by atoms with Crippen molar-refractivity contribution in [2.24, 2.45) is 0 Å². The molecule has 2 amide bonds. The van der Waals surface area contributed by atoms with Gasteiger partial charge in [-0.05, 0) is 69.5 Å². The number of nitrogens with zero attached hydrogens (tertiary/aromatic N) is 4. The van der Waals surface area contributed by atoms with Gasteiger partial charge in [-0.2, -0.15) is 0 Å². The monoisotopic (exact) mass is 536 g/mol. The first-order valence-electron chi connectivity index (χ1n) is 13.4. The van der Waals surface area contributed by atoms with E-state index >= 15 is 0 Å². The number of carboxylic acids is 2. The van der Waals surface area contributed by atoms with Crippen molar-refractivity contribution in [1.29, 1.82) is 0 Å². The van der Waals surface area contributed by atoms with Gasteiger partial charge < -0.3 is 20.0 Å². The Bertz CT molecular complexity index is 1140. The molecule has 1 saturated heterocycles. The van der Waals surface area contributed by atoms with Crippen molar-refractivity contribution >= 4 is 35.1 Å². The highest BCUT2D eigenvalue weighted by Gasteiger charge is 2.33. The third-order valence-electron chi connectivity index (χ3n) is 7.53. The van der Waals surface area contributed by atoms with Crippen LogP contribution in [0.1, 0.15) is 31.4 Å². The fourth-order valence-electron chi connectivity index (χ4n) is 5.77. The number of rotatable bonds is 4. The molecule has 3 aliphatic heterocycles. The topological polar surface area (TPSA) is 122 Å². The zero-order chi connectivity index (χ0) is 28.1. The van der Waals surface area contributed by atoms with Gasteiger partial charge in [0.15, 0.2) is 0 Å². The molecule has 2 aromatic rings. The lowest BCUT2D eigenvalue weighted by molar-refractivity contribution is -0.159. The summed E-state index contributed by atoms with van der Waals surface area (Å²) in [5.74, 6) is -3.29. The molecule has 5 rings (SSSR count). The van der Waals surface area contributed by atoms with E-state index in [1.807, 2.05) is 34.1 Å². The fraction of sp³-hybridized carbons (Fsp3) is 0.448. The van der Waals surface area contributed by atoms with Crippen LogP contribution in [0.15, 0.2) is 48.5 Å². The van der Waals surface area contributed by atoms with Gasteiger partial charge in [-0.15, -0.1) is 0 Å². The summed E-state index contributed by atoms with van der Waals surface area (Å²) in [7, 11) is 0. The van der Waals surface area contributed by atoms with Crippen LogP contribution < -0.4 is 9.80 Å². The molecular weight excluding hydrogens is 500 g/mol. The van der Waals surface area contributed by atoms with Gasteiger partial charge in [-0.1, -0.05) is 36.4 Å². The molecule has 0 spiro atoms. The van der Waals surface area contributed by atoms with E-state index in [2.05, 4.69) is 47.9 Å². The molecule has 1 fully saturated rings. The Balaban J connectivity index is 0.000000531. The standard InChI is InChI=1S/C27H34N4O2.C2H2O4/c1-20-16-22-8-3-5-10-24(22)30(20)26(32)18-28-12-7-13-29(15-14-28)19-27(33)31-21(2)17-23-9-4-6-11-25(23)31;3-1(4)2(5)6/h3-6,8-11,20-21H,7,12-19H2,1-2H3;(H,3,4)(H,5,6). The number of para-hydroxylation sites is 2. The number of anilines is 2. The Labute approximate surface area is 228 Å². The minimum absolute atomic E-state index is 0.180. The van der Waals surface area contributed by atoms with Crippen molar-refractivity contribution in [2.45, 2.75) is 45.2 Å². The van der Waals surface area contributed by atoms with Gasteiger partial charge in [0, 0.05) is 36.5 Å². The summed E-state index contributed by atoms with van der Waals surface area (Å²) in [6.07, 6.45) is 2.82. The summed E-state index contributed by atoms with van der Waals surface area (Å²) in [4.78, 5) is 53.1. The van der Waals surface area contributed by atoms with Crippen LogP contribution in [0, 0.1) is 0 Å². The molecule has 208 valence electrons. The van der Waals surface area contributed by atoms with Gasteiger partial charge in [0.1, 0.15) is 0 Å². The van der Waals surface area contributed by atoms with Crippen LogP contribution >= 0.6 is 0 Å². The SMILES string of the molecule is CC1Cc2ccccc2N1C(=O)CN1CCCN(CC(=O)N2c3ccccc3CC2C)CC1.O=C(O)C(=O)O. The maximum absolute atomic E-state index is 13.2. The Kier molecular flexibility index (Phi) is 8.98. The number of carbonyl (C=O) groups excluding carboxylic acids is 2. The Morgan fingerprint density at radius 3 is 1.44 bits per heavy atom. The highest BCUT2D eigenvalue weighted by Crippen LogP contribution is 2.33. The van der Waals surface area contributed by atoms with Crippen LogP contribution in [0.5, 0.6) is 0 Å². The Morgan fingerprint density at radius 2 is 1.05 bits per heavy atom. The normalized spacial score (nSPS) is 20.9. The van der Waals surface area contributed by atoms with Gasteiger partial charge in [-0.3, -0.25) is 19.4 Å². The maximum Gasteiger partial charge on any atom is 0.414 e. The van der Waals surface area contributed by atoms with Crippen molar-refractivity contribution in [3.05, 3.63) is 59.7 Å². The van der Waals surface area contributed by atoms with Crippen molar-refractivity contribution < 1.29 is 29.4 Å². The number of hydrogen-bond acceptors (Lipinski definition) is 6. The molecule has 3 aliphatic rings. The van der Waals surface area contributed by atoms with Crippen molar-refractivity contribution in [3.8, 4) is 0 Å². The van der Waals surface area contributed by atoms with Gasteiger partial charge in [0.2, 0.25) is 11.8 Å². The van der Waals surface area contributed by atoms with Gasteiger partial charge in [0.05, 0.1) is 13.1 Å². The number of aliphatic carboxylic acids is 2. The van der Waals surface area contributed by atoms with E-state index in [1.54, 1.807) is 0 Å². The summed E-state index contributed by atoms with van der Waals surface area (Å²) in [5.41, 5.74) is 4.65. The lowest BCUT2D eigenvalue weighted by Crippen LogP contribution is -2.45. The van der Waals surface area contributed by atoms with Crippen LogP contribution in [-0.4, -0.2) is 95.1 Å². The van der Waals surface area contributed by atoms with E-state index in [4.69, 9.17) is 19.8 Å². The first kappa shape index (κ1) is 28.3. The van der Waals surface area contributed by atoms with Gasteiger partial charge in [-0.25, -0.2) is 9.59 Å². The summed E-state index contributed by atoms with van der Waals surface area (Å²) < 4.78 is 0. The number of carbonyl (C=O) groups is 4. The Hall–Kier alpha value is -3.76. The van der Waals surface area contributed by atoms with E-state index in [1.165, 1.54) is 11.1 Å². The second kappa shape index (κ2) is 12.4. The van der Waals surface area contributed by atoms with E-state index in [9.17, 15) is 9.59 Å². The lowest BCUT2D eigenvalue weighted by atomic mass is 10.1. The van der Waals surface area contributed by atoms with E-state index in [0.717, 1.165) is 56.8 Å². The summed E-state index contributed by atoms with van der Waals surface area (Å²) in [6.45, 7) is 8.56. The molecule has 0 bridgehead atoms. The molecule has 2 atom stereocenters. The van der Waals surface area contributed by atoms with Crippen LogP contribution in [0.25, 0.3) is 0 Å². The average Bonchev–Trinajstić information content (AvgIpc) is 3.32. The zero-order valence-corrected chi connectivity index (χ0v) is 22.5. The maximum atomic E-state index is 13.2. The largest absolute Gasteiger partial charge is 0.473 e. The highest BCUT2D eigenvalue weighted by molar-refractivity contribution is 6.27. The van der Waals surface area contributed by atoms with E-state index < -0.39 is 11.9 Å². The molecule has 3 heterocycles. The number of benzene rings is 2. The van der Waals surface area contributed by atoms with E-state index in [0.29, 0.717) is 13.1 Å². The number of amides is 2. The predicted octanol–water partition coefficient (Wildman–Crippen LogP) is 2.11. The molecular formula is C29H36N4O6. The van der Waals surface area contributed by atoms with Crippen LogP contribution in [0.3, 0.4) is 0 Å². The predicted molar refractivity (Wildman–Crippen MR) is 147 cm³/mol. The molecule has 0 radical (unpaired) electrons. The van der Waals surface area contributed by atoms with Crippen molar-refractivity contribution in [1.82, 2.24) is 9.80 Å². The summed E-state index contributed by atoms with van der Waals surface area (Å²) >= 11 is 0. The number of carboxylic acid groups (broad SMARTS) is 2. The van der Waals surface area contributed by atoms with Crippen molar-refractivity contribution in [2.75, 3.05) is 49.1 Å². The third kappa shape index (κ3) is 6.63. The van der Waals surface area contributed by atoms with E-state index in [-0.39, 0.29) is 23.9 Å². The minimum Gasteiger partial charge on any atom is -0.473 e. The molecule has 10 nitrogen and oxygen atoms in total. The molecule has 0 aromatic heterocycles. The van der Waals surface area contributed by atoms with Crippen LogP contribution in [0.2, 0.25) is 0 Å². The number of hydrogen-bond donors (Lipinski definition) is 2.